The van der Waals surface area contributed by atoms with Gasteiger partial charge in [-0.2, -0.15) is 5.26 Å². The molecule has 18 heavy (non-hydrogen) atoms. The zero-order valence-electron chi connectivity index (χ0n) is 10.5. The van der Waals surface area contributed by atoms with Crippen LogP contribution in [-0.4, -0.2) is 0 Å². The Morgan fingerprint density at radius 1 is 0.778 bits per heavy atom. The summed E-state index contributed by atoms with van der Waals surface area (Å²) >= 11 is 0. The molecule has 0 radical (unpaired) electrons. The lowest BCUT2D eigenvalue weighted by molar-refractivity contribution is 0.753. The van der Waals surface area contributed by atoms with Gasteiger partial charge in [0, 0.05) is 6.42 Å². The largest absolute Gasteiger partial charge is 0.198 e. The van der Waals surface area contributed by atoms with Crippen LogP contribution in [0.3, 0.4) is 0 Å². The van der Waals surface area contributed by atoms with Crippen LogP contribution in [0.1, 0.15) is 24.8 Å². The first-order chi connectivity index (χ1) is 8.90. The Labute approximate surface area is 109 Å². The molecule has 0 saturated carbocycles. The van der Waals surface area contributed by atoms with Gasteiger partial charge in [-0.15, -0.1) is 0 Å². The van der Waals surface area contributed by atoms with Crippen LogP contribution in [0.4, 0.5) is 0 Å². The summed E-state index contributed by atoms with van der Waals surface area (Å²) in [6.07, 6.45) is 3.83. The number of hydrogen-bond acceptors (Lipinski definition) is 1. The second kappa shape index (κ2) is 6.61. The first-order valence-electron chi connectivity index (χ1n) is 6.41. The monoisotopic (exact) mass is 235 g/mol. The fourth-order valence-corrected chi connectivity index (χ4v) is 2.03. The Balaban J connectivity index is 1.96. The van der Waals surface area contributed by atoms with E-state index < -0.39 is 0 Å². The zero-order valence-corrected chi connectivity index (χ0v) is 10.5. The van der Waals surface area contributed by atoms with E-state index >= 15 is 0 Å². The highest BCUT2D eigenvalue weighted by Crippen LogP contribution is 2.19. The quantitative estimate of drug-likeness (QED) is 0.695. The number of benzene rings is 2. The van der Waals surface area contributed by atoms with Crippen LogP contribution in [0.15, 0.2) is 54.6 Å². The lowest BCUT2D eigenvalue weighted by atomic mass is 10.0. The minimum Gasteiger partial charge on any atom is -0.198 e. The van der Waals surface area contributed by atoms with Gasteiger partial charge in [0.1, 0.15) is 0 Å². The van der Waals surface area contributed by atoms with Crippen LogP contribution in [0.5, 0.6) is 0 Å². The van der Waals surface area contributed by atoms with E-state index in [1.165, 1.54) is 16.7 Å². The van der Waals surface area contributed by atoms with E-state index in [0.717, 1.165) is 19.3 Å². The molecule has 1 heteroatoms. The zero-order chi connectivity index (χ0) is 12.6. The van der Waals surface area contributed by atoms with E-state index in [1.807, 2.05) is 6.07 Å². The van der Waals surface area contributed by atoms with E-state index in [4.69, 9.17) is 5.26 Å². The van der Waals surface area contributed by atoms with Crippen molar-refractivity contribution in [2.45, 2.75) is 25.7 Å². The first-order valence-corrected chi connectivity index (χ1v) is 6.41. The topological polar surface area (TPSA) is 23.8 Å². The van der Waals surface area contributed by atoms with Crippen molar-refractivity contribution < 1.29 is 0 Å². The third-order valence-corrected chi connectivity index (χ3v) is 3.07. The summed E-state index contributed by atoms with van der Waals surface area (Å²) in [5.41, 5.74) is 3.87. The molecule has 1 nitrogen and oxygen atoms in total. The predicted octanol–water partition coefficient (Wildman–Crippen LogP) is 4.59. The van der Waals surface area contributed by atoms with Crippen molar-refractivity contribution in [2.75, 3.05) is 0 Å². The number of rotatable bonds is 5. The minimum atomic E-state index is 0.669. The molecule has 0 fully saturated rings. The molecule has 2 rings (SSSR count). The predicted molar refractivity (Wildman–Crippen MR) is 75.0 cm³/mol. The highest BCUT2D eigenvalue weighted by molar-refractivity contribution is 5.63. The molecule has 0 aliphatic rings. The molecular weight excluding hydrogens is 218 g/mol. The van der Waals surface area contributed by atoms with Crippen molar-refractivity contribution in [3.05, 3.63) is 60.2 Å². The molecule has 2 aromatic rings. The van der Waals surface area contributed by atoms with Gasteiger partial charge in [0.15, 0.2) is 0 Å². The molecule has 0 aliphatic heterocycles. The Bertz CT molecular complexity index is 506. The van der Waals surface area contributed by atoms with Crippen molar-refractivity contribution >= 4 is 0 Å². The summed E-state index contributed by atoms with van der Waals surface area (Å²) in [5, 5.41) is 8.48. The van der Waals surface area contributed by atoms with Crippen molar-refractivity contribution in [3.63, 3.8) is 0 Å². The Kier molecular flexibility index (Phi) is 4.55. The SMILES string of the molecule is N#CCCCCc1ccc(-c2ccccc2)cc1. The van der Waals surface area contributed by atoms with Gasteiger partial charge >= 0.3 is 0 Å². The second-order valence-corrected chi connectivity index (χ2v) is 4.43. The Hall–Kier alpha value is -2.07. The molecule has 0 aromatic heterocycles. The van der Waals surface area contributed by atoms with Gasteiger partial charge < -0.3 is 0 Å². The minimum absolute atomic E-state index is 0.669. The van der Waals surface area contributed by atoms with Crippen LogP contribution in [-0.2, 0) is 6.42 Å². The molecular formula is C17H17N. The van der Waals surface area contributed by atoms with Crippen LogP contribution in [0.2, 0.25) is 0 Å². The van der Waals surface area contributed by atoms with Gasteiger partial charge in [0.25, 0.3) is 0 Å². The smallest absolute Gasteiger partial charge is 0.0621 e. The van der Waals surface area contributed by atoms with Gasteiger partial charge in [-0.25, -0.2) is 0 Å². The van der Waals surface area contributed by atoms with Gasteiger partial charge in [-0.3, -0.25) is 0 Å². The lowest BCUT2D eigenvalue weighted by Crippen LogP contribution is -1.86. The van der Waals surface area contributed by atoms with Crippen molar-refractivity contribution in [1.29, 1.82) is 5.26 Å². The molecule has 0 saturated heterocycles. The molecule has 2 aromatic carbocycles. The fourth-order valence-electron chi connectivity index (χ4n) is 2.03. The molecule has 0 aliphatic carbocycles. The number of aryl methyl sites for hydroxylation is 1. The maximum atomic E-state index is 8.48. The number of nitriles is 1. The summed E-state index contributed by atoms with van der Waals surface area (Å²) in [6, 6.07) is 21.3. The molecule has 0 atom stereocenters. The van der Waals surface area contributed by atoms with Gasteiger partial charge in [0.05, 0.1) is 6.07 Å². The van der Waals surface area contributed by atoms with E-state index in [-0.39, 0.29) is 0 Å². The van der Waals surface area contributed by atoms with Gasteiger partial charge in [-0.05, 0) is 36.0 Å². The second-order valence-electron chi connectivity index (χ2n) is 4.43. The Morgan fingerprint density at radius 2 is 1.44 bits per heavy atom. The summed E-state index contributed by atoms with van der Waals surface area (Å²) < 4.78 is 0. The lowest BCUT2D eigenvalue weighted by Gasteiger charge is -2.04. The maximum Gasteiger partial charge on any atom is 0.0621 e. The average Bonchev–Trinajstić information content (AvgIpc) is 2.45. The van der Waals surface area contributed by atoms with Gasteiger partial charge in [0.2, 0.25) is 0 Å². The summed E-state index contributed by atoms with van der Waals surface area (Å²) in [6.45, 7) is 0. The first kappa shape index (κ1) is 12.4. The highest BCUT2D eigenvalue weighted by Gasteiger charge is 1.97. The van der Waals surface area contributed by atoms with Crippen LogP contribution in [0.25, 0.3) is 11.1 Å². The van der Waals surface area contributed by atoms with Crippen molar-refractivity contribution in [1.82, 2.24) is 0 Å². The molecule has 0 bridgehead atoms. The number of unbranched alkanes of at least 4 members (excludes halogenated alkanes) is 2. The molecule has 0 unspecified atom stereocenters. The third-order valence-electron chi connectivity index (χ3n) is 3.07. The summed E-state index contributed by atoms with van der Waals surface area (Å²) in [7, 11) is 0. The molecule has 0 N–H and O–H groups in total. The molecule has 0 spiro atoms. The third kappa shape index (κ3) is 3.46. The summed E-state index contributed by atoms with van der Waals surface area (Å²) in [5.74, 6) is 0. The molecule has 0 heterocycles. The van der Waals surface area contributed by atoms with E-state index in [1.54, 1.807) is 0 Å². The fraction of sp³-hybridized carbons (Fsp3) is 0.235. The molecule has 0 amide bonds. The number of nitrogens with zero attached hydrogens (tertiary/aromatic N) is 1. The van der Waals surface area contributed by atoms with Crippen LogP contribution in [0, 0.1) is 11.3 Å². The average molecular weight is 235 g/mol. The van der Waals surface area contributed by atoms with Crippen LogP contribution < -0.4 is 0 Å². The molecule has 90 valence electrons. The summed E-state index contributed by atoms with van der Waals surface area (Å²) in [4.78, 5) is 0. The van der Waals surface area contributed by atoms with Crippen molar-refractivity contribution in [3.8, 4) is 17.2 Å². The van der Waals surface area contributed by atoms with E-state index in [2.05, 4.69) is 54.6 Å². The highest BCUT2D eigenvalue weighted by atomic mass is 14.2. The van der Waals surface area contributed by atoms with E-state index in [9.17, 15) is 0 Å². The van der Waals surface area contributed by atoms with Crippen LogP contribution >= 0.6 is 0 Å². The normalized spacial score (nSPS) is 9.94. The van der Waals surface area contributed by atoms with Crippen molar-refractivity contribution in [2.24, 2.45) is 0 Å². The van der Waals surface area contributed by atoms with Gasteiger partial charge in [-0.1, -0.05) is 54.6 Å². The number of hydrogen-bond donors (Lipinski definition) is 0. The Morgan fingerprint density at radius 3 is 2.11 bits per heavy atom. The standard InChI is InChI=1S/C17H17N/c18-14-6-2-3-7-15-10-12-17(13-11-15)16-8-4-1-5-9-16/h1,4-5,8-13H,2-3,6-7H2. The van der Waals surface area contributed by atoms with E-state index in [0.29, 0.717) is 6.42 Å². The maximum absolute atomic E-state index is 8.48.